The fourth-order valence-corrected chi connectivity index (χ4v) is 12.9. The molecule has 1 aliphatic heterocycles. The zero-order valence-electron chi connectivity index (χ0n) is 38.5. The maximum Gasteiger partial charge on any atom is 0.159 e. The van der Waals surface area contributed by atoms with Gasteiger partial charge in [0, 0.05) is 74.9 Å². The largest absolute Gasteiger partial charge is 0.456 e. The Labute approximate surface area is 415 Å². The molecular formula is C65H39N5OS. The van der Waals surface area contributed by atoms with Gasteiger partial charge >= 0.3 is 0 Å². The minimum absolute atomic E-state index is 0.597. The van der Waals surface area contributed by atoms with E-state index in [4.69, 9.17) is 14.4 Å². The normalized spacial score (nSPS) is 14.2. The zero-order valence-corrected chi connectivity index (χ0v) is 39.4. The first-order chi connectivity index (χ1) is 35.7. The molecule has 5 heterocycles. The van der Waals surface area contributed by atoms with Crippen LogP contribution in [-0.2, 0) is 0 Å². The van der Waals surface area contributed by atoms with Crippen LogP contribution in [0.3, 0.4) is 0 Å². The van der Waals surface area contributed by atoms with Crippen molar-refractivity contribution >= 4 is 130 Å². The van der Waals surface area contributed by atoms with Crippen LogP contribution >= 0.6 is 11.3 Å². The molecule has 4 aromatic heterocycles. The molecule has 0 amide bonds. The lowest BCUT2D eigenvalue weighted by atomic mass is 9.99. The minimum Gasteiger partial charge on any atom is -0.456 e. The van der Waals surface area contributed by atoms with Crippen molar-refractivity contribution in [1.82, 2.24) is 14.5 Å². The van der Waals surface area contributed by atoms with Crippen LogP contribution in [0.2, 0.25) is 0 Å². The quantitative estimate of drug-likeness (QED) is 0.187. The van der Waals surface area contributed by atoms with E-state index in [1.807, 2.05) is 17.4 Å². The van der Waals surface area contributed by atoms with Crippen LogP contribution in [0.5, 0.6) is 0 Å². The molecule has 0 bridgehead atoms. The lowest BCUT2D eigenvalue weighted by Crippen LogP contribution is -2.34. The van der Waals surface area contributed by atoms with E-state index in [0.717, 1.165) is 83.3 Å². The maximum atomic E-state index is 6.76. The second-order valence-corrected chi connectivity index (χ2v) is 20.0. The highest BCUT2D eigenvalue weighted by atomic mass is 32.1. The van der Waals surface area contributed by atoms with E-state index >= 15 is 0 Å². The number of benzene rings is 11. The molecule has 1 aliphatic rings. The molecule has 0 aliphatic carbocycles. The van der Waals surface area contributed by atoms with Gasteiger partial charge in [-0.1, -0.05) is 140 Å². The second kappa shape index (κ2) is 15.1. The van der Waals surface area contributed by atoms with Crippen LogP contribution in [0.4, 0.5) is 0 Å². The third kappa shape index (κ3) is 5.77. The molecule has 0 saturated heterocycles. The highest BCUT2D eigenvalue weighted by Gasteiger charge is 2.30. The van der Waals surface area contributed by atoms with Crippen LogP contribution in [0.15, 0.2) is 239 Å². The van der Waals surface area contributed by atoms with Crippen LogP contribution in [0.1, 0.15) is 22.9 Å². The first kappa shape index (κ1) is 39.5. The van der Waals surface area contributed by atoms with Crippen molar-refractivity contribution in [1.29, 1.82) is 0 Å². The molecule has 0 fully saturated rings. The number of para-hydroxylation sites is 3. The third-order valence-electron chi connectivity index (χ3n) is 14.9. The SMILES string of the molecule is c1ccc(-n2c3ccccc3c3cc(C4=NC(c5ccc6c(c5)sc5ccccc56)=NC(c5c(-n6c7cc8ccccc8cc7c7c8ccccc8ccc76)ccc6oc7ccccc7c56)N4)ccc32)cc1. The number of rotatable bonds is 5. The van der Waals surface area contributed by atoms with Gasteiger partial charge in [-0.25, -0.2) is 9.98 Å². The van der Waals surface area contributed by atoms with Gasteiger partial charge in [0.05, 0.1) is 27.8 Å². The van der Waals surface area contributed by atoms with Crippen molar-refractivity contribution in [3.05, 3.63) is 241 Å². The van der Waals surface area contributed by atoms with E-state index in [1.54, 1.807) is 0 Å². The summed E-state index contributed by atoms with van der Waals surface area (Å²) in [6, 6.07) is 80.9. The summed E-state index contributed by atoms with van der Waals surface area (Å²) in [5, 5.41) is 18.1. The van der Waals surface area contributed by atoms with Crippen molar-refractivity contribution in [2.75, 3.05) is 0 Å². The Hall–Kier alpha value is -9.30. The number of aromatic nitrogens is 2. The summed E-state index contributed by atoms with van der Waals surface area (Å²) < 4.78 is 14.0. The number of hydrogen-bond donors (Lipinski definition) is 1. The fraction of sp³-hybridized carbons (Fsp3) is 0.0154. The standard InChI is InChI=1S/C65H39N5OS/c1-2-17-43(18-3-1)69-51-23-11-8-20-45(51)49-35-41(28-30-52(49)69)63-66-64(42-26-29-47-46-21-10-13-25-58(46)72-59(47)37-42)68-65(67-63)62-54(32-33-57-61(62)48-22-9-12-24-56(48)71-57)70-53-31-27-38-14-6-7-19-44(38)60(53)50-34-39-15-4-5-16-40(39)36-55(50)70/h1-37,65H,(H,66,67,68). The van der Waals surface area contributed by atoms with E-state index in [0.29, 0.717) is 5.84 Å². The lowest BCUT2D eigenvalue weighted by Gasteiger charge is -2.27. The number of thiophene rings is 1. The number of hydrogen-bond acceptors (Lipinski definition) is 5. The predicted molar refractivity (Wildman–Crippen MR) is 302 cm³/mol. The van der Waals surface area contributed by atoms with Crippen LogP contribution in [-0.4, -0.2) is 20.8 Å². The minimum atomic E-state index is -0.597. The van der Waals surface area contributed by atoms with Crippen LogP contribution in [0, 0.1) is 0 Å². The van der Waals surface area contributed by atoms with Gasteiger partial charge in [-0.05, 0) is 106 Å². The fourth-order valence-electron chi connectivity index (χ4n) is 11.8. The van der Waals surface area contributed by atoms with Crippen LogP contribution < -0.4 is 5.32 Å². The molecule has 1 unspecified atom stereocenters. The smallest absolute Gasteiger partial charge is 0.159 e. The highest BCUT2D eigenvalue weighted by molar-refractivity contribution is 7.25. The van der Waals surface area contributed by atoms with Gasteiger partial charge in [0.25, 0.3) is 0 Å². The zero-order chi connectivity index (χ0) is 47.0. The van der Waals surface area contributed by atoms with Gasteiger partial charge in [-0.3, -0.25) is 0 Å². The van der Waals surface area contributed by atoms with Gasteiger partial charge in [-0.15, -0.1) is 11.3 Å². The Kier molecular flexibility index (Phi) is 8.29. The topological polar surface area (TPSA) is 59.8 Å². The van der Waals surface area contributed by atoms with E-state index < -0.39 is 6.17 Å². The van der Waals surface area contributed by atoms with Crippen molar-refractivity contribution < 1.29 is 4.42 Å². The Bertz CT molecular complexity index is 4860. The Morgan fingerprint density at radius 1 is 0.417 bits per heavy atom. The van der Waals surface area contributed by atoms with E-state index in [9.17, 15) is 0 Å². The molecule has 0 saturated carbocycles. The molecule has 6 nitrogen and oxygen atoms in total. The highest BCUT2D eigenvalue weighted by Crippen LogP contribution is 2.45. The van der Waals surface area contributed by atoms with Crippen LogP contribution in [0.25, 0.3) is 119 Å². The molecule has 11 aromatic carbocycles. The number of furan rings is 1. The maximum absolute atomic E-state index is 6.76. The number of aliphatic imine (C=N–C) groups is 2. The Morgan fingerprint density at radius 2 is 1.11 bits per heavy atom. The van der Waals surface area contributed by atoms with E-state index in [2.05, 4.69) is 233 Å². The second-order valence-electron chi connectivity index (χ2n) is 18.9. The average Bonchev–Trinajstić information content (AvgIpc) is 4.19. The molecule has 16 rings (SSSR count). The Balaban J connectivity index is 0.984. The van der Waals surface area contributed by atoms with Gasteiger partial charge < -0.3 is 18.9 Å². The lowest BCUT2D eigenvalue weighted by molar-refractivity contribution is 0.660. The molecule has 1 N–H and O–H groups in total. The molecule has 15 aromatic rings. The predicted octanol–water partition coefficient (Wildman–Crippen LogP) is 16.9. The average molecular weight is 938 g/mol. The van der Waals surface area contributed by atoms with Gasteiger partial charge in [0.2, 0.25) is 0 Å². The van der Waals surface area contributed by atoms with E-state index in [-0.39, 0.29) is 0 Å². The summed E-state index contributed by atoms with van der Waals surface area (Å²) in [6.45, 7) is 0. The first-order valence-electron chi connectivity index (χ1n) is 24.4. The molecule has 0 spiro atoms. The molecule has 1 atom stereocenters. The van der Waals surface area contributed by atoms with Crippen molar-refractivity contribution in [3.8, 4) is 11.4 Å². The summed E-state index contributed by atoms with van der Waals surface area (Å²) in [5.41, 5.74) is 11.2. The van der Waals surface area contributed by atoms with Gasteiger partial charge in [0.15, 0.2) is 12.0 Å². The van der Waals surface area contributed by atoms with Crippen molar-refractivity contribution in [3.63, 3.8) is 0 Å². The molecule has 336 valence electrons. The molecule has 7 heteroatoms. The third-order valence-corrected chi connectivity index (χ3v) is 16.1. The van der Waals surface area contributed by atoms with Crippen molar-refractivity contribution in [2.45, 2.75) is 6.17 Å². The first-order valence-corrected chi connectivity index (χ1v) is 25.2. The number of fused-ring (bicyclic) bond motifs is 15. The number of amidine groups is 2. The summed E-state index contributed by atoms with van der Waals surface area (Å²) >= 11 is 1.81. The Morgan fingerprint density at radius 3 is 2.00 bits per heavy atom. The number of nitrogens with zero attached hydrogens (tertiary/aromatic N) is 4. The van der Waals surface area contributed by atoms with Gasteiger partial charge in [0.1, 0.15) is 17.0 Å². The summed E-state index contributed by atoms with van der Waals surface area (Å²) in [7, 11) is 0. The summed E-state index contributed by atoms with van der Waals surface area (Å²) in [5.74, 6) is 1.41. The van der Waals surface area contributed by atoms with Crippen molar-refractivity contribution in [2.24, 2.45) is 9.98 Å². The summed E-state index contributed by atoms with van der Waals surface area (Å²) in [6.07, 6.45) is -0.597. The molecule has 72 heavy (non-hydrogen) atoms. The molecule has 0 radical (unpaired) electrons. The van der Waals surface area contributed by atoms with Gasteiger partial charge in [-0.2, -0.15) is 0 Å². The van der Waals surface area contributed by atoms with E-state index in [1.165, 1.54) is 57.9 Å². The molecular weight excluding hydrogens is 899 g/mol. The number of nitrogens with one attached hydrogen (secondary N) is 1. The summed E-state index contributed by atoms with van der Waals surface area (Å²) in [4.78, 5) is 11.3. The monoisotopic (exact) mass is 937 g/mol.